The van der Waals surface area contributed by atoms with Gasteiger partial charge in [0, 0.05) is 14.1 Å². The Bertz CT molecular complexity index is 1410. The van der Waals surface area contributed by atoms with Crippen LogP contribution in [0.25, 0.3) is 0 Å². The molecule has 4 aromatic carbocycles. The van der Waals surface area contributed by atoms with Crippen LogP contribution in [0.3, 0.4) is 0 Å². The van der Waals surface area contributed by atoms with E-state index in [0.29, 0.717) is 0 Å². The zero-order valence-corrected chi connectivity index (χ0v) is 24.1. The highest BCUT2D eigenvalue weighted by Gasteiger charge is 2.49. The smallest absolute Gasteiger partial charge is 0.358 e. The predicted octanol–water partition coefficient (Wildman–Crippen LogP) is 6.58. The molecule has 0 spiro atoms. The highest BCUT2D eigenvalue weighted by Crippen LogP contribution is 2.44. The number of guanidine groups is 2. The Kier molecular flexibility index (Phi) is 7.74. The summed E-state index contributed by atoms with van der Waals surface area (Å²) in [6, 6.07) is 43.8. The van der Waals surface area contributed by atoms with Gasteiger partial charge in [-0.2, -0.15) is 0 Å². The summed E-state index contributed by atoms with van der Waals surface area (Å²) in [5.74, 6) is 1.93. The average molecular weight is 530 g/mol. The minimum atomic E-state index is 0. The normalized spacial score (nSPS) is 22.5. The van der Waals surface area contributed by atoms with E-state index < -0.39 is 0 Å². The van der Waals surface area contributed by atoms with E-state index in [1.807, 2.05) is 0 Å². The lowest BCUT2D eigenvalue weighted by Gasteiger charge is -2.26. The van der Waals surface area contributed by atoms with Crippen LogP contribution in [0.15, 0.2) is 126 Å². The molecule has 0 aromatic heterocycles. The van der Waals surface area contributed by atoms with Gasteiger partial charge in [-0.25, -0.2) is 0 Å². The molecular formula is C35H39N5. The summed E-state index contributed by atoms with van der Waals surface area (Å²) in [6.07, 6.45) is 0. The van der Waals surface area contributed by atoms with E-state index in [1.165, 1.54) is 22.3 Å². The zero-order chi connectivity index (χ0) is 26.9. The van der Waals surface area contributed by atoms with Gasteiger partial charge < -0.3 is 17.2 Å². The zero-order valence-electron chi connectivity index (χ0n) is 24.1. The molecular weight excluding hydrogens is 490 g/mol. The second-order valence-electron chi connectivity index (χ2n) is 10.6. The molecule has 0 bridgehead atoms. The Balaban J connectivity index is 0.00000323. The Morgan fingerprint density at radius 1 is 0.500 bits per heavy atom. The van der Waals surface area contributed by atoms with Gasteiger partial charge in [-0.1, -0.05) is 121 Å². The molecule has 40 heavy (non-hydrogen) atoms. The monoisotopic (exact) mass is 529 g/mol. The van der Waals surface area contributed by atoms with Crippen molar-refractivity contribution in [1.82, 2.24) is 14.7 Å². The summed E-state index contributed by atoms with van der Waals surface area (Å²) in [7, 11) is 8.70. The third kappa shape index (κ3) is 4.66. The van der Waals surface area contributed by atoms with Crippen molar-refractivity contribution in [2.75, 3.05) is 28.2 Å². The van der Waals surface area contributed by atoms with Crippen molar-refractivity contribution in [2.45, 2.75) is 24.2 Å². The molecule has 4 atom stereocenters. The summed E-state index contributed by atoms with van der Waals surface area (Å²) < 4.78 is 2.34. The molecule has 2 aliphatic heterocycles. The van der Waals surface area contributed by atoms with Gasteiger partial charge in [0.25, 0.3) is 5.96 Å². The fraction of sp³-hybridized carbons (Fsp3) is 0.229. The maximum Gasteiger partial charge on any atom is 0.393 e. The third-order valence-electron chi connectivity index (χ3n) is 8.29. The number of likely N-dealkylation sites (N-methyl/N-ethyl adjacent to an activating group) is 4. The number of hydrogen-bond acceptors (Lipinski definition) is 2. The number of hydrogen-bond donors (Lipinski definition) is 0. The topological polar surface area (TPSA) is 25.1 Å². The lowest BCUT2D eigenvalue weighted by Crippen LogP contribution is -2.34. The molecule has 1 saturated heterocycles. The van der Waals surface area contributed by atoms with E-state index in [-0.39, 0.29) is 31.6 Å². The third-order valence-corrected chi connectivity index (χ3v) is 8.29. The van der Waals surface area contributed by atoms with Gasteiger partial charge in [-0.05, 0) is 27.2 Å². The van der Waals surface area contributed by atoms with Crippen LogP contribution in [0.5, 0.6) is 0 Å². The van der Waals surface area contributed by atoms with Crippen molar-refractivity contribution >= 4 is 11.9 Å². The fourth-order valence-electron chi connectivity index (χ4n) is 6.47. The van der Waals surface area contributed by atoms with Crippen LogP contribution in [-0.2, 0) is 0 Å². The Labute approximate surface area is 239 Å². The molecule has 1 unspecified atom stereocenters. The highest BCUT2D eigenvalue weighted by molar-refractivity contribution is 5.95. The summed E-state index contributed by atoms with van der Waals surface area (Å²) in [4.78, 5) is 12.5. The van der Waals surface area contributed by atoms with Gasteiger partial charge in [-0.15, -0.1) is 0 Å². The minimum Gasteiger partial charge on any atom is -0.358 e. The van der Waals surface area contributed by atoms with Crippen LogP contribution in [0.1, 0.15) is 46.4 Å². The maximum atomic E-state index is 5.44. The Hall–Kier alpha value is -4.38. The lowest BCUT2D eigenvalue weighted by molar-refractivity contribution is -0.539. The van der Waals surface area contributed by atoms with Gasteiger partial charge in [0.05, 0.1) is 26.2 Å². The van der Waals surface area contributed by atoms with Crippen molar-refractivity contribution in [3.63, 3.8) is 0 Å². The molecule has 6 rings (SSSR count). The number of rotatable bonds is 4. The van der Waals surface area contributed by atoms with E-state index in [4.69, 9.17) is 4.99 Å². The van der Waals surface area contributed by atoms with E-state index >= 15 is 0 Å². The first-order valence-corrected chi connectivity index (χ1v) is 13.6. The van der Waals surface area contributed by atoms with E-state index in [2.05, 4.69) is 169 Å². The fourth-order valence-corrected chi connectivity index (χ4v) is 6.47. The standard InChI is InChI=1S/C34H36N5.CH3/c1-36-29(25-17-9-5-10-18-25)30(26-19-11-6-12-20-26)37(2)33(36)35-34-38(3)31(27-21-13-7-14-22-27)32(39(34)4)28-23-15-8-16-24-28;/h5-24,29-32H,1-4H3;1H3/q+1;-1/t29-,30-,31-,32?;/m0./s1. The van der Waals surface area contributed by atoms with Crippen molar-refractivity contribution < 1.29 is 4.58 Å². The summed E-state index contributed by atoms with van der Waals surface area (Å²) in [6.45, 7) is 0. The average Bonchev–Trinajstić information content (AvgIpc) is 3.39. The Morgan fingerprint density at radius 3 is 1.25 bits per heavy atom. The molecule has 2 aliphatic rings. The van der Waals surface area contributed by atoms with Crippen molar-refractivity contribution in [2.24, 2.45) is 4.99 Å². The summed E-state index contributed by atoms with van der Waals surface area (Å²) >= 11 is 0. The predicted molar refractivity (Wildman–Crippen MR) is 165 cm³/mol. The molecule has 0 radical (unpaired) electrons. The number of aliphatic imine (C=N–C) groups is 1. The molecule has 4 aromatic rings. The Morgan fingerprint density at radius 2 is 0.850 bits per heavy atom. The first-order valence-electron chi connectivity index (χ1n) is 13.6. The second kappa shape index (κ2) is 11.4. The van der Waals surface area contributed by atoms with Crippen LogP contribution in [0, 0.1) is 7.43 Å². The van der Waals surface area contributed by atoms with Crippen LogP contribution in [-0.4, -0.2) is 59.4 Å². The van der Waals surface area contributed by atoms with Crippen LogP contribution in [0.4, 0.5) is 0 Å². The minimum absolute atomic E-state index is 0. The molecule has 1 fully saturated rings. The molecule has 5 heteroatoms. The largest absolute Gasteiger partial charge is 0.393 e. The number of nitrogens with zero attached hydrogens (tertiary/aromatic N) is 5. The molecule has 0 amide bonds. The molecule has 0 N–H and O–H groups in total. The molecule has 0 saturated carbocycles. The van der Waals surface area contributed by atoms with E-state index in [0.717, 1.165) is 11.9 Å². The molecule has 204 valence electrons. The highest BCUT2D eigenvalue weighted by atomic mass is 15.5. The summed E-state index contributed by atoms with van der Waals surface area (Å²) in [5.41, 5.74) is 5.14. The van der Waals surface area contributed by atoms with Crippen LogP contribution < -0.4 is 0 Å². The van der Waals surface area contributed by atoms with Gasteiger partial charge >= 0.3 is 5.96 Å². The molecule has 0 aliphatic carbocycles. The van der Waals surface area contributed by atoms with Crippen LogP contribution >= 0.6 is 0 Å². The van der Waals surface area contributed by atoms with Crippen molar-refractivity contribution in [1.29, 1.82) is 0 Å². The van der Waals surface area contributed by atoms with Crippen molar-refractivity contribution in [3.8, 4) is 0 Å². The van der Waals surface area contributed by atoms with Gasteiger partial charge in [0.1, 0.15) is 12.1 Å². The van der Waals surface area contributed by atoms with Gasteiger partial charge in [0.15, 0.2) is 0 Å². The molecule has 5 nitrogen and oxygen atoms in total. The first-order chi connectivity index (χ1) is 19.1. The van der Waals surface area contributed by atoms with Gasteiger partial charge in [0.2, 0.25) is 0 Å². The lowest BCUT2D eigenvalue weighted by atomic mass is 9.93. The molecule has 2 heterocycles. The second-order valence-corrected chi connectivity index (χ2v) is 10.6. The quantitative estimate of drug-likeness (QED) is 0.221. The van der Waals surface area contributed by atoms with E-state index in [1.54, 1.807) is 0 Å². The maximum absolute atomic E-state index is 5.44. The van der Waals surface area contributed by atoms with Gasteiger partial charge in [-0.3, -0.25) is 9.48 Å². The number of benzene rings is 4. The summed E-state index contributed by atoms with van der Waals surface area (Å²) in [5, 5.41) is 0. The SMILES string of the molecule is CN1C(N=C2N(C)[C@@H](c3ccccc3)[C@H](c3ccccc3)N2C)=[N+](C)C(c2ccccc2)[C@@H]1c1ccccc1.[CH3-]. The first kappa shape index (κ1) is 27.2. The van der Waals surface area contributed by atoms with Crippen LogP contribution in [0.2, 0.25) is 0 Å². The van der Waals surface area contributed by atoms with E-state index in [9.17, 15) is 0 Å². The van der Waals surface area contributed by atoms with Crippen molar-refractivity contribution in [3.05, 3.63) is 151 Å².